The number of nitrogens with one attached hydrogen (secondary N) is 1. The predicted octanol–water partition coefficient (Wildman–Crippen LogP) is 5.31. The van der Waals surface area contributed by atoms with Gasteiger partial charge in [-0.2, -0.15) is 0 Å². The van der Waals surface area contributed by atoms with Crippen molar-refractivity contribution in [2.45, 2.75) is 44.7 Å². The second-order valence-electron chi connectivity index (χ2n) is 8.88. The summed E-state index contributed by atoms with van der Waals surface area (Å²) < 4.78 is 16.4. The maximum Gasteiger partial charge on any atom is 0.294 e. The number of carbonyl (C=O) groups is 3. The Bertz CT molecular complexity index is 1280. The number of rotatable bonds is 7. The molecule has 2 aromatic carbocycles. The summed E-state index contributed by atoms with van der Waals surface area (Å²) in [5.41, 5.74) is 0.962. The molecule has 3 aromatic rings. The number of Topliss-reactive ketones (excluding diaryl/α,β-unsaturated/α-hetero) is 1. The Morgan fingerprint density at radius 3 is 2.36 bits per heavy atom. The van der Waals surface area contributed by atoms with Gasteiger partial charge in [0, 0.05) is 22.7 Å². The number of ether oxygens (including phenoxy) is 2. The van der Waals surface area contributed by atoms with Gasteiger partial charge < -0.3 is 19.2 Å². The van der Waals surface area contributed by atoms with E-state index in [1.165, 1.54) is 30.2 Å². The van der Waals surface area contributed by atoms with E-state index in [4.69, 9.17) is 25.5 Å². The van der Waals surface area contributed by atoms with Gasteiger partial charge in [-0.1, -0.05) is 36.6 Å². The number of furan rings is 1. The molecule has 0 bridgehead atoms. The van der Waals surface area contributed by atoms with Crippen LogP contribution < -0.4 is 19.7 Å². The minimum Gasteiger partial charge on any atom is -0.459 e. The summed E-state index contributed by atoms with van der Waals surface area (Å²) in [7, 11) is 0. The highest BCUT2D eigenvalue weighted by atomic mass is 35.5. The molecule has 36 heavy (non-hydrogen) atoms. The molecule has 2 heterocycles. The molecule has 1 N–H and O–H groups in total. The molecule has 1 aliphatic heterocycles. The number of halogens is 1. The quantitative estimate of drug-likeness (QED) is 0.434. The lowest BCUT2D eigenvalue weighted by molar-refractivity contribution is -0.123. The number of benzene rings is 2. The predicted molar refractivity (Wildman–Crippen MR) is 133 cm³/mol. The molecular weight excluding hydrogens is 484 g/mol. The van der Waals surface area contributed by atoms with E-state index in [0.29, 0.717) is 22.1 Å². The number of nitrogens with zero attached hydrogens (tertiary/aromatic N) is 1. The molecule has 1 aliphatic carbocycles. The maximum absolute atomic E-state index is 13.9. The topological polar surface area (TPSA) is 98.1 Å². The van der Waals surface area contributed by atoms with Crippen LogP contribution in [0.4, 0.5) is 5.69 Å². The van der Waals surface area contributed by atoms with Crippen LogP contribution in [0.15, 0.2) is 59.2 Å². The van der Waals surface area contributed by atoms with Gasteiger partial charge in [0.2, 0.25) is 12.7 Å². The lowest BCUT2D eigenvalue weighted by Crippen LogP contribution is -2.46. The summed E-state index contributed by atoms with van der Waals surface area (Å²) in [5, 5.41) is 3.60. The molecule has 5 rings (SSSR count). The number of hydrogen-bond acceptors (Lipinski definition) is 6. The molecule has 1 fully saturated rings. The summed E-state index contributed by atoms with van der Waals surface area (Å²) in [6, 6.07) is 11.8. The Labute approximate surface area is 213 Å². The largest absolute Gasteiger partial charge is 0.459 e. The van der Waals surface area contributed by atoms with E-state index < -0.39 is 11.9 Å². The van der Waals surface area contributed by atoms with Gasteiger partial charge in [0.25, 0.3) is 5.91 Å². The fraction of sp³-hybridized carbons (Fsp3) is 0.296. The van der Waals surface area contributed by atoms with E-state index in [1.807, 2.05) is 0 Å². The molecule has 1 saturated carbocycles. The molecular formula is C27H25ClN2O6. The van der Waals surface area contributed by atoms with Gasteiger partial charge in [-0.3, -0.25) is 19.3 Å². The summed E-state index contributed by atoms with van der Waals surface area (Å²) >= 11 is 6.13. The standard InChI is InChI=1S/C27H25ClN2O6/c1-16(31)20-13-23-24(36-15-35-23)14-21(20)30(27(33)22-7-4-12-34-22)25(17-8-10-18(28)11-9-17)26(32)29-19-5-2-3-6-19/h4,7-14,19,25H,2-3,5-6,15H2,1H3,(H,29,32). The molecule has 2 amide bonds. The van der Waals surface area contributed by atoms with E-state index in [9.17, 15) is 14.4 Å². The van der Waals surface area contributed by atoms with Gasteiger partial charge in [0.15, 0.2) is 23.0 Å². The molecule has 2 aliphatic rings. The Balaban J connectivity index is 1.69. The van der Waals surface area contributed by atoms with Crippen molar-refractivity contribution >= 4 is 34.9 Å². The third kappa shape index (κ3) is 4.68. The molecule has 186 valence electrons. The van der Waals surface area contributed by atoms with Crippen LogP contribution in [0, 0.1) is 0 Å². The number of hydrogen-bond donors (Lipinski definition) is 1. The number of anilines is 1. The second-order valence-corrected chi connectivity index (χ2v) is 9.31. The number of ketones is 1. The fourth-order valence-electron chi connectivity index (χ4n) is 4.71. The average molecular weight is 509 g/mol. The van der Waals surface area contributed by atoms with Crippen LogP contribution in [0.5, 0.6) is 11.5 Å². The van der Waals surface area contributed by atoms with Crippen LogP contribution in [-0.4, -0.2) is 30.4 Å². The van der Waals surface area contributed by atoms with E-state index in [1.54, 1.807) is 36.4 Å². The molecule has 1 aromatic heterocycles. The van der Waals surface area contributed by atoms with Crippen LogP contribution >= 0.6 is 11.6 Å². The van der Waals surface area contributed by atoms with Crippen molar-refractivity contribution in [2.24, 2.45) is 0 Å². The molecule has 0 saturated heterocycles. The van der Waals surface area contributed by atoms with Crippen LogP contribution in [0.25, 0.3) is 0 Å². The zero-order chi connectivity index (χ0) is 25.2. The first-order valence-electron chi connectivity index (χ1n) is 11.8. The van der Waals surface area contributed by atoms with Crippen LogP contribution in [-0.2, 0) is 4.79 Å². The van der Waals surface area contributed by atoms with E-state index in [2.05, 4.69) is 5.32 Å². The molecule has 1 unspecified atom stereocenters. The first-order chi connectivity index (χ1) is 17.4. The van der Waals surface area contributed by atoms with E-state index in [-0.39, 0.29) is 41.5 Å². The Morgan fingerprint density at radius 2 is 1.72 bits per heavy atom. The smallest absolute Gasteiger partial charge is 0.294 e. The van der Waals surface area contributed by atoms with Crippen LogP contribution in [0.3, 0.4) is 0 Å². The lowest BCUT2D eigenvalue weighted by Gasteiger charge is -2.33. The van der Waals surface area contributed by atoms with Crippen molar-refractivity contribution in [2.75, 3.05) is 11.7 Å². The first-order valence-corrected chi connectivity index (χ1v) is 12.2. The van der Waals surface area contributed by atoms with Crippen LogP contribution in [0.2, 0.25) is 5.02 Å². The van der Waals surface area contributed by atoms with Crippen molar-refractivity contribution in [3.63, 3.8) is 0 Å². The first kappa shape index (κ1) is 23.9. The second kappa shape index (κ2) is 10.1. The fourth-order valence-corrected chi connectivity index (χ4v) is 4.84. The minimum absolute atomic E-state index is 0.00889. The molecule has 1 atom stereocenters. The third-order valence-corrected chi connectivity index (χ3v) is 6.73. The maximum atomic E-state index is 13.9. The van der Waals surface area contributed by atoms with E-state index in [0.717, 1.165) is 25.7 Å². The Kier molecular flexibility index (Phi) is 6.69. The van der Waals surface area contributed by atoms with Gasteiger partial charge in [-0.05, 0) is 55.7 Å². The molecule has 0 radical (unpaired) electrons. The van der Waals surface area contributed by atoms with Gasteiger partial charge in [0.1, 0.15) is 6.04 Å². The summed E-state index contributed by atoms with van der Waals surface area (Å²) in [6.45, 7) is 1.39. The number of fused-ring (bicyclic) bond motifs is 1. The zero-order valence-corrected chi connectivity index (χ0v) is 20.4. The highest BCUT2D eigenvalue weighted by Gasteiger charge is 2.38. The van der Waals surface area contributed by atoms with Crippen molar-refractivity contribution in [1.29, 1.82) is 0 Å². The highest BCUT2D eigenvalue weighted by Crippen LogP contribution is 2.42. The Hall–Kier alpha value is -3.78. The van der Waals surface area contributed by atoms with Crippen molar-refractivity contribution in [3.8, 4) is 11.5 Å². The summed E-state index contributed by atoms with van der Waals surface area (Å²) in [4.78, 5) is 41.9. The van der Waals surface area contributed by atoms with E-state index >= 15 is 0 Å². The van der Waals surface area contributed by atoms with Crippen LogP contribution in [0.1, 0.15) is 65.1 Å². The van der Waals surface area contributed by atoms with Gasteiger partial charge in [-0.15, -0.1) is 0 Å². The van der Waals surface area contributed by atoms with Crippen molar-refractivity contribution in [1.82, 2.24) is 5.32 Å². The summed E-state index contributed by atoms with van der Waals surface area (Å²) in [6.07, 6.45) is 5.18. The molecule has 0 spiro atoms. The van der Waals surface area contributed by atoms with Gasteiger partial charge in [-0.25, -0.2) is 0 Å². The van der Waals surface area contributed by atoms with Crippen molar-refractivity contribution in [3.05, 3.63) is 76.7 Å². The average Bonchev–Trinajstić information content (AvgIpc) is 3.65. The third-order valence-electron chi connectivity index (χ3n) is 6.47. The number of amides is 2. The van der Waals surface area contributed by atoms with Gasteiger partial charge in [0.05, 0.1) is 12.0 Å². The highest BCUT2D eigenvalue weighted by molar-refractivity contribution is 6.30. The van der Waals surface area contributed by atoms with Gasteiger partial charge >= 0.3 is 0 Å². The molecule has 9 heteroatoms. The monoisotopic (exact) mass is 508 g/mol. The number of carbonyl (C=O) groups excluding carboxylic acids is 3. The zero-order valence-electron chi connectivity index (χ0n) is 19.7. The summed E-state index contributed by atoms with van der Waals surface area (Å²) in [5.74, 6) is -0.452. The normalized spacial score (nSPS) is 15.5. The minimum atomic E-state index is -1.11. The van der Waals surface area contributed by atoms with Crippen molar-refractivity contribution < 1.29 is 28.3 Å². The lowest BCUT2D eigenvalue weighted by atomic mass is 9.99. The SMILES string of the molecule is CC(=O)c1cc2c(cc1N(C(=O)c1ccco1)C(C(=O)NC1CCCC1)c1ccc(Cl)cc1)OCO2. The Morgan fingerprint density at radius 1 is 1.03 bits per heavy atom. The molecule has 8 nitrogen and oxygen atoms in total.